The highest BCUT2D eigenvalue weighted by Gasteiger charge is 2.32. The topological polar surface area (TPSA) is 83.7 Å². The summed E-state index contributed by atoms with van der Waals surface area (Å²) in [5, 5.41) is 2.67. The smallest absolute Gasteiger partial charge is 0.338 e. The van der Waals surface area contributed by atoms with E-state index in [1.165, 1.54) is 10.6 Å². The molecule has 42 heavy (non-hydrogen) atoms. The summed E-state index contributed by atoms with van der Waals surface area (Å²) in [6.07, 6.45) is 8.88. The number of hydrogen-bond donors (Lipinski definition) is 0. The molecule has 0 saturated carbocycles. The number of anilines is 1. The van der Waals surface area contributed by atoms with Crippen LogP contribution in [0, 0.1) is 6.92 Å². The first-order chi connectivity index (χ1) is 20.4. The quantitative estimate of drug-likeness (QED) is 0.0867. The number of rotatable bonds is 11. The van der Waals surface area contributed by atoms with Crippen molar-refractivity contribution in [1.29, 1.82) is 0 Å². The fraction of sp³-hybridized carbons (Fsp3) is 0.281. The van der Waals surface area contributed by atoms with Crippen LogP contribution in [0.2, 0.25) is 0 Å². The lowest BCUT2D eigenvalue weighted by Crippen LogP contribution is -2.38. The van der Waals surface area contributed by atoms with Crippen LogP contribution in [0.1, 0.15) is 49.9 Å². The lowest BCUT2D eigenvalue weighted by atomic mass is 10.2. The van der Waals surface area contributed by atoms with E-state index in [4.69, 9.17) is 9.82 Å². The fourth-order valence-corrected chi connectivity index (χ4v) is 6.85. The highest BCUT2D eigenvalue weighted by Crippen LogP contribution is 2.44. The monoisotopic (exact) mass is 601 g/mol. The van der Waals surface area contributed by atoms with Crippen LogP contribution in [-0.2, 0) is 19.2 Å². The molecule has 0 unspecified atom stereocenters. The second-order valence-corrected chi connectivity index (χ2v) is 12.1. The molecule has 0 aliphatic carbocycles. The van der Waals surface area contributed by atoms with Crippen molar-refractivity contribution in [2.75, 3.05) is 17.7 Å². The average Bonchev–Trinajstić information content (AvgIpc) is 3.48. The number of nitrogens with zero attached hydrogens (tertiary/aromatic N) is 4. The number of para-hydroxylation sites is 2. The molecule has 0 atom stereocenters. The Morgan fingerprint density at radius 1 is 1.05 bits per heavy atom. The van der Waals surface area contributed by atoms with Crippen LogP contribution in [0.3, 0.4) is 0 Å². The largest absolute Gasteiger partial charge is 0.365 e. The summed E-state index contributed by atoms with van der Waals surface area (Å²) < 4.78 is 2.17. The molecule has 2 aliphatic rings. The number of carbonyl (C=O) groups is 3. The van der Waals surface area contributed by atoms with Gasteiger partial charge in [0.25, 0.3) is 11.8 Å². The molecule has 3 heterocycles. The highest BCUT2D eigenvalue weighted by molar-refractivity contribution is 8.03. The molecule has 2 aromatic carbocycles. The second kappa shape index (κ2) is 13.8. The predicted molar refractivity (Wildman–Crippen MR) is 165 cm³/mol. The van der Waals surface area contributed by atoms with E-state index >= 15 is 0 Å². The van der Waals surface area contributed by atoms with Crippen LogP contribution in [0.4, 0.5) is 5.69 Å². The first kappa shape index (κ1) is 29.6. The van der Waals surface area contributed by atoms with E-state index in [1.807, 2.05) is 24.3 Å². The van der Waals surface area contributed by atoms with Crippen molar-refractivity contribution in [3.63, 3.8) is 0 Å². The molecular formula is C32H33N4O4S2+. The normalized spacial score (nSPS) is 15.7. The summed E-state index contributed by atoms with van der Waals surface area (Å²) in [7, 11) is 2.08. The van der Waals surface area contributed by atoms with E-state index in [2.05, 4.69) is 78.1 Å². The minimum atomic E-state index is -0.550. The maximum Gasteiger partial charge on any atom is 0.365 e. The van der Waals surface area contributed by atoms with E-state index in [9.17, 15) is 14.4 Å². The number of hydrogen-bond acceptors (Lipinski definition) is 8. The predicted octanol–water partition coefficient (Wildman–Crippen LogP) is 6.02. The number of benzene rings is 2. The van der Waals surface area contributed by atoms with Gasteiger partial charge < -0.3 is 9.74 Å². The SMILES string of the molecule is Cc1cc(/C=C/C=C2/Sc3ccccc3N2C)nc(SCCCCCC(=O)ON2C(=O)CCC2=O)[n+]1-c1ccccc1. The Bertz CT molecular complexity index is 1520. The molecular weight excluding hydrogens is 569 g/mol. The Morgan fingerprint density at radius 3 is 2.55 bits per heavy atom. The van der Waals surface area contributed by atoms with Gasteiger partial charge in [0.15, 0.2) is 5.69 Å². The van der Waals surface area contributed by atoms with Gasteiger partial charge in [-0.3, -0.25) is 9.59 Å². The van der Waals surface area contributed by atoms with Crippen LogP contribution in [0.15, 0.2) is 87.9 Å². The zero-order chi connectivity index (χ0) is 29.5. The number of fused-ring (bicyclic) bond motifs is 1. The molecule has 1 fully saturated rings. The Balaban J connectivity index is 1.20. The number of carbonyl (C=O) groups excluding carboxylic acids is 3. The number of aromatic nitrogens is 2. The van der Waals surface area contributed by atoms with Crippen LogP contribution in [0.5, 0.6) is 0 Å². The number of allylic oxidation sites excluding steroid dienone is 2. The van der Waals surface area contributed by atoms with Gasteiger partial charge in [0, 0.05) is 43.0 Å². The lowest BCUT2D eigenvalue weighted by molar-refractivity contribution is -0.647. The number of aryl methyl sites for hydroxylation is 1. The van der Waals surface area contributed by atoms with Crippen molar-refractivity contribution in [3.05, 3.63) is 89.2 Å². The van der Waals surface area contributed by atoms with Crippen molar-refractivity contribution in [2.24, 2.45) is 0 Å². The van der Waals surface area contributed by atoms with Crippen molar-refractivity contribution in [3.8, 4) is 5.69 Å². The number of thioether (sulfide) groups is 2. The van der Waals surface area contributed by atoms with E-state index in [1.54, 1.807) is 23.5 Å². The van der Waals surface area contributed by atoms with Gasteiger partial charge in [0.1, 0.15) is 11.4 Å². The zero-order valence-electron chi connectivity index (χ0n) is 23.7. The first-order valence-corrected chi connectivity index (χ1v) is 15.8. The maximum absolute atomic E-state index is 12.1. The molecule has 0 N–H and O–H groups in total. The summed E-state index contributed by atoms with van der Waals surface area (Å²) in [5.41, 5.74) is 4.24. The van der Waals surface area contributed by atoms with E-state index in [-0.39, 0.29) is 19.3 Å². The van der Waals surface area contributed by atoms with Gasteiger partial charge in [-0.15, -0.1) is 5.06 Å². The summed E-state index contributed by atoms with van der Waals surface area (Å²) in [4.78, 5) is 48.7. The van der Waals surface area contributed by atoms with Gasteiger partial charge in [0.05, 0.1) is 10.7 Å². The summed E-state index contributed by atoms with van der Waals surface area (Å²) in [6.45, 7) is 2.09. The Kier molecular flexibility index (Phi) is 9.76. The minimum absolute atomic E-state index is 0.0970. The Labute approximate surface area is 254 Å². The third kappa shape index (κ3) is 7.11. The molecule has 1 aromatic heterocycles. The standard InChI is InChI=1S/C32H33N4O4S2/c1-23-22-24(12-11-17-30-34(2)26-15-8-9-16-27(26)42-30)33-32(35(23)25-13-5-3-6-14-25)41-21-10-4-7-18-31(39)40-36-28(37)19-20-29(36)38/h3,5-6,8-9,11-17,22H,4,7,10,18-21H2,1-2H3/q+1. The molecule has 1 saturated heterocycles. The molecule has 216 valence electrons. The van der Waals surface area contributed by atoms with Crippen molar-refractivity contribution in [2.45, 2.75) is 55.5 Å². The molecule has 5 rings (SSSR count). The van der Waals surface area contributed by atoms with Gasteiger partial charge in [-0.25, -0.2) is 4.79 Å². The van der Waals surface area contributed by atoms with Crippen LogP contribution >= 0.6 is 23.5 Å². The minimum Gasteiger partial charge on any atom is -0.338 e. The number of amides is 2. The fourth-order valence-electron chi connectivity index (χ4n) is 4.71. The molecule has 0 radical (unpaired) electrons. The lowest BCUT2D eigenvalue weighted by Gasteiger charge is -2.12. The number of hydroxylamine groups is 2. The van der Waals surface area contributed by atoms with Gasteiger partial charge in [-0.05, 0) is 72.9 Å². The Morgan fingerprint density at radius 2 is 1.79 bits per heavy atom. The summed E-state index contributed by atoms with van der Waals surface area (Å²) in [6, 6.07) is 20.7. The van der Waals surface area contributed by atoms with Gasteiger partial charge in [-0.1, -0.05) is 54.6 Å². The number of imide groups is 1. The van der Waals surface area contributed by atoms with E-state index < -0.39 is 17.8 Å². The first-order valence-electron chi connectivity index (χ1n) is 14.0. The molecule has 2 amide bonds. The third-order valence-electron chi connectivity index (χ3n) is 6.87. The van der Waals surface area contributed by atoms with Crippen LogP contribution in [-0.4, -0.2) is 40.6 Å². The number of unbranched alkanes of at least 4 members (excludes halogenated alkanes) is 2. The molecule has 2 aliphatic heterocycles. The van der Waals surface area contributed by atoms with Crippen LogP contribution in [0.25, 0.3) is 11.8 Å². The zero-order valence-corrected chi connectivity index (χ0v) is 25.3. The van der Waals surface area contributed by atoms with E-state index in [0.717, 1.165) is 45.9 Å². The van der Waals surface area contributed by atoms with Crippen molar-refractivity contribution in [1.82, 2.24) is 10.0 Å². The van der Waals surface area contributed by atoms with Crippen LogP contribution < -0.4 is 9.47 Å². The third-order valence-corrected chi connectivity index (χ3v) is 9.08. The maximum atomic E-state index is 12.1. The molecule has 3 aromatic rings. The summed E-state index contributed by atoms with van der Waals surface area (Å²) in [5.74, 6) is -0.633. The van der Waals surface area contributed by atoms with Gasteiger partial charge >= 0.3 is 11.1 Å². The van der Waals surface area contributed by atoms with Crippen molar-refractivity contribution < 1.29 is 23.8 Å². The molecule has 10 heteroatoms. The van der Waals surface area contributed by atoms with E-state index in [0.29, 0.717) is 11.5 Å². The second-order valence-electron chi connectivity index (χ2n) is 9.97. The van der Waals surface area contributed by atoms with Gasteiger partial charge in [0.2, 0.25) is 0 Å². The molecule has 0 bridgehead atoms. The van der Waals surface area contributed by atoms with Crippen molar-refractivity contribution >= 4 is 53.1 Å². The average molecular weight is 602 g/mol. The van der Waals surface area contributed by atoms with Gasteiger partial charge in [-0.2, -0.15) is 4.57 Å². The highest BCUT2D eigenvalue weighted by atomic mass is 32.2. The molecule has 8 nitrogen and oxygen atoms in total. The summed E-state index contributed by atoms with van der Waals surface area (Å²) >= 11 is 3.44. The molecule has 0 spiro atoms. The Hall–Kier alpha value is -3.89.